The van der Waals surface area contributed by atoms with Crippen molar-refractivity contribution in [2.45, 2.75) is 40.3 Å². The van der Waals surface area contributed by atoms with Crippen LogP contribution in [0, 0.1) is 13.8 Å². The van der Waals surface area contributed by atoms with Gasteiger partial charge in [-0.1, -0.05) is 17.4 Å². The Morgan fingerprint density at radius 3 is 2.72 bits per heavy atom. The van der Waals surface area contributed by atoms with E-state index in [-0.39, 0.29) is 11.9 Å². The second kappa shape index (κ2) is 6.80. The number of benzene rings is 1. The zero-order valence-electron chi connectivity index (χ0n) is 15.0. The van der Waals surface area contributed by atoms with E-state index in [1.165, 1.54) is 22.5 Å². The third-order valence-corrected chi connectivity index (χ3v) is 5.20. The minimum absolute atomic E-state index is 0.211. The zero-order valence-corrected chi connectivity index (χ0v) is 15.8. The third kappa shape index (κ3) is 3.35. The van der Waals surface area contributed by atoms with Crippen LogP contribution in [0.4, 0.5) is 0 Å². The van der Waals surface area contributed by atoms with Crippen LogP contribution in [0.5, 0.6) is 0 Å². The van der Waals surface area contributed by atoms with Gasteiger partial charge in [-0.05, 0) is 57.0 Å². The molecule has 0 aliphatic heterocycles. The number of allylic oxidation sites excluding steroid dienone is 1. The van der Waals surface area contributed by atoms with Crippen molar-refractivity contribution >= 4 is 27.5 Å². The van der Waals surface area contributed by atoms with Gasteiger partial charge in [0.2, 0.25) is 0 Å². The summed E-state index contributed by atoms with van der Waals surface area (Å²) in [6, 6.07) is 6.21. The number of hydrogen-bond acceptors (Lipinski definition) is 3. The molecule has 0 saturated heterocycles. The van der Waals surface area contributed by atoms with Crippen molar-refractivity contribution < 1.29 is 4.79 Å². The summed E-state index contributed by atoms with van der Waals surface area (Å²) in [5, 5.41) is 4.31. The maximum absolute atomic E-state index is 12.5. The van der Waals surface area contributed by atoms with Crippen LogP contribution in [0.15, 0.2) is 42.0 Å². The highest BCUT2D eigenvalue weighted by Crippen LogP contribution is 2.22. The predicted octanol–water partition coefficient (Wildman–Crippen LogP) is 4.02. The van der Waals surface area contributed by atoms with E-state index in [9.17, 15) is 4.79 Å². The molecule has 0 fully saturated rings. The quantitative estimate of drug-likeness (QED) is 0.664. The van der Waals surface area contributed by atoms with Gasteiger partial charge in [0, 0.05) is 18.8 Å². The fourth-order valence-electron chi connectivity index (χ4n) is 2.60. The Balaban J connectivity index is 2.12. The Labute approximate surface area is 150 Å². The van der Waals surface area contributed by atoms with Gasteiger partial charge in [-0.3, -0.25) is 9.48 Å². The topological polar surface area (TPSA) is 52.2 Å². The summed E-state index contributed by atoms with van der Waals surface area (Å²) in [5.41, 5.74) is 3.89. The molecule has 0 bridgehead atoms. The number of amides is 1. The van der Waals surface area contributed by atoms with Crippen LogP contribution in [0.25, 0.3) is 10.2 Å². The molecule has 2 heterocycles. The summed E-state index contributed by atoms with van der Waals surface area (Å²) in [5.74, 6) is -0.322. The Bertz CT molecular complexity index is 1020. The lowest BCUT2D eigenvalue weighted by Gasteiger charge is -2.04. The van der Waals surface area contributed by atoms with E-state index < -0.39 is 0 Å². The van der Waals surface area contributed by atoms with Gasteiger partial charge in [0.15, 0.2) is 10.5 Å². The lowest BCUT2D eigenvalue weighted by Crippen LogP contribution is -2.16. The highest BCUT2D eigenvalue weighted by atomic mass is 32.1. The Kier molecular flexibility index (Phi) is 4.72. The van der Waals surface area contributed by atoms with Gasteiger partial charge >= 0.3 is 0 Å². The minimum Gasteiger partial charge on any atom is -0.312 e. The predicted molar refractivity (Wildman–Crippen MR) is 102 cm³/mol. The van der Waals surface area contributed by atoms with Gasteiger partial charge in [-0.15, -0.1) is 6.58 Å². The Morgan fingerprint density at radius 1 is 1.36 bits per heavy atom. The van der Waals surface area contributed by atoms with Crippen LogP contribution < -0.4 is 4.80 Å². The van der Waals surface area contributed by atoms with Crippen LogP contribution in [-0.4, -0.2) is 20.3 Å². The molecule has 0 aliphatic rings. The number of aromatic nitrogens is 3. The normalized spacial score (nSPS) is 12.3. The van der Waals surface area contributed by atoms with E-state index in [1.807, 2.05) is 30.7 Å². The minimum atomic E-state index is -0.322. The second-order valence-corrected chi connectivity index (χ2v) is 7.39. The first kappa shape index (κ1) is 17.4. The smallest absolute Gasteiger partial charge is 0.300 e. The monoisotopic (exact) mass is 354 g/mol. The summed E-state index contributed by atoms with van der Waals surface area (Å²) in [6.45, 7) is 12.7. The van der Waals surface area contributed by atoms with Crippen LogP contribution in [-0.2, 0) is 6.54 Å². The van der Waals surface area contributed by atoms with E-state index in [0.29, 0.717) is 17.0 Å². The van der Waals surface area contributed by atoms with Gasteiger partial charge < -0.3 is 4.57 Å². The summed E-state index contributed by atoms with van der Waals surface area (Å²) in [4.78, 5) is 17.5. The second-order valence-electron chi connectivity index (χ2n) is 6.38. The number of carbonyl (C=O) groups is 1. The SMILES string of the molecule is C=CCn1c(=NC(=O)c2ccn(C(C)C)n2)sc2cc(C)c(C)cc21. The van der Waals surface area contributed by atoms with Crippen molar-refractivity contribution in [2.24, 2.45) is 4.99 Å². The molecule has 0 aliphatic carbocycles. The van der Waals surface area contributed by atoms with Crippen molar-refractivity contribution in [1.82, 2.24) is 14.3 Å². The first-order valence-electron chi connectivity index (χ1n) is 8.26. The van der Waals surface area contributed by atoms with Crippen LogP contribution in [0.1, 0.15) is 41.5 Å². The summed E-state index contributed by atoms with van der Waals surface area (Å²) >= 11 is 1.52. The Hall–Kier alpha value is -2.47. The third-order valence-electron chi connectivity index (χ3n) is 4.16. The van der Waals surface area contributed by atoms with E-state index in [4.69, 9.17) is 0 Å². The van der Waals surface area contributed by atoms with Gasteiger partial charge in [-0.25, -0.2) is 0 Å². The molecule has 2 aromatic heterocycles. The molecular weight excluding hydrogens is 332 g/mol. The van der Waals surface area contributed by atoms with Crippen LogP contribution in [0.2, 0.25) is 0 Å². The van der Waals surface area contributed by atoms with E-state index >= 15 is 0 Å². The maximum Gasteiger partial charge on any atom is 0.300 e. The van der Waals surface area contributed by atoms with Crippen molar-refractivity contribution in [3.05, 3.63) is 58.7 Å². The van der Waals surface area contributed by atoms with E-state index in [0.717, 1.165) is 10.2 Å². The molecule has 0 saturated carbocycles. The zero-order chi connectivity index (χ0) is 18.1. The van der Waals surface area contributed by atoms with Gasteiger partial charge in [0.1, 0.15) is 0 Å². The molecule has 6 heteroatoms. The standard InChI is InChI=1S/C19H22N4OS/c1-6-8-22-16-10-13(4)14(5)11-17(16)25-19(22)20-18(24)15-7-9-23(21-15)12(2)3/h6-7,9-12H,1,8H2,2-5H3. The molecule has 0 atom stereocenters. The number of fused-ring (bicyclic) bond motifs is 1. The van der Waals surface area contributed by atoms with E-state index in [1.54, 1.807) is 10.7 Å². The summed E-state index contributed by atoms with van der Waals surface area (Å²) in [7, 11) is 0. The molecule has 0 spiro atoms. The molecule has 130 valence electrons. The largest absolute Gasteiger partial charge is 0.312 e. The lowest BCUT2D eigenvalue weighted by atomic mass is 10.1. The number of carbonyl (C=O) groups excluding carboxylic acids is 1. The average molecular weight is 354 g/mol. The number of hydrogen-bond donors (Lipinski definition) is 0. The van der Waals surface area contributed by atoms with Gasteiger partial charge in [-0.2, -0.15) is 10.1 Å². The molecular formula is C19H22N4OS. The van der Waals surface area contributed by atoms with Gasteiger partial charge in [0.25, 0.3) is 5.91 Å². The Morgan fingerprint density at radius 2 is 2.08 bits per heavy atom. The van der Waals surface area contributed by atoms with E-state index in [2.05, 4.69) is 42.7 Å². The number of rotatable bonds is 4. The first-order valence-corrected chi connectivity index (χ1v) is 9.08. The van der Waals surface area contributed by atoms with Crippen molar-refractivity contribution in [2.75, 3.05) is 0 Å². The first-order chi connectivity index (χ1) is 11.9. The molecule has 3 aromatic rings. The summed E-state index contributed by atoms with van der Waals surface area (Å²) in [6.07, 6.45) is 3.63. The molecule has 0 radical (unpaired) electrons. The molecule has 5 nitrogen and oxygen atoms in total. The number of nitrogens with zero attached hydrogens (tertiary/aromatic N) is 4. The molecule has 3 rings (SSSR count). The molecule has 25 heavy (non-hydrogen) atoms. The van der Waals surface area contributed by atoms with Crippen molar-refractivity contribution in [3.63, 3.8) is 0 Å². The fourth-order valence-corrected chi connectivity index (χ4v) is 3.71. The average Bonchev–Trinajstić information content (AvgIpc) is 3.16. The number of thiazole rings is 1. The molecule has 1 amide bonds. The van der Waals surface area contributed by atoms with Crippen molar-refractivity contribution in [3.8, 4) is 0 Å². The maximum atomic E-state index is 12.5. The van der Waals surface area contributed by atoms with Gasteiger partial charge in [0.05, 0.1) is 10.2 Å². The van der Waals surface area contributed by atoms with Crippen LogP contribution in [0.3, 0.4) is 0 Å². The lowest BCUT2D eigenvalue weighted by molar-refractivity contribution is 0.0992. The summed E-state index contributed by atoms with van der Waals surface area (Å²) < 4.78 is 4.90. The van der Waals surface area contributed by atoms with Crippen LogP contribution >= 0.6 is 11.3 Å². The number of aryl methyl sites for hydroxylation is 2. The fraction of sp³-hybridized carbons (Fsp3) is 0.316. The molecule has 0 unspecified atom stereocenters. The highest BCUT2D eigenvalue weighted by molar-refractivity contribution is 7.16. The molecule has 1 aromatic carbocycles. The highest BCUT2D eigenvalue weighted by Gasteiger charge is 2.12. The molecule has 0 N–H and O–H groups in total. The van der Waals surface area contributed by atoms with Crippen molar-refractivity contribution in [1.29, 1.82) is 0 Å².